The van der Waals surface area contributed by atoms with Crippen LogP contribution in [0.2, 0.25) is 0 Å². The van der Waals surface area contributed by atoms with Gasteiger partial charge in [0.1, 0.15) is 10.8 Å². The van der Waals surface area contributed by atoms with Crippen LogP contribution in [0.1, 0.15) is 39.4 Å². The summed E-state index contributed by atoms with van der Waals surface area (Å²) in [6.45, 7) is 4.55. The third-order valence-corrected chi connectivity index (χ3v) is 6.47. The Morgan fingerprint density at radius 1 is 1.32 bits per heavy atom. The van der Waals surface area contributed by atoms with Crippen LogP contribution in [0.4, 0.5) is 5.69 Å². The van der Waals surface area contributed by atoms with Crippen molar-refractivity contribution in [2.24, 2.45) is 0 Å². The number of amides is 1. The van der Waals surface area contributed by atoms with E-state index in [9.17, 15) is 4.79 Å². The maximum absolute atomic E-state index is 13.4. The van der Waals surface area contributed by atoms with E-state index in [1.807, 2.05) is 43.0 Å². The second-order valence-electron chi connectivity index (χ2n) is 6.78. The van der Waals surface area contributed by atoms with Crippen LogP contribution in [0.5, 0.6) is 0 Å². The van der Waals surface area contributed by atoms with Gasteiger partial charge in [0.2, 0.25) is 0 Å². The van der Waals surface area contributed by atoms with E-state index in [2.05, 4.69) is 32.1 Å². The van der Waals surface area contributed by atoms with E-state index in [4.69, 9.17) is 4.52 Å². The first-order valence-corrected chi connectivity index (χ1v) is 10.9. The van der Waals surface area contributed by atoms with Crippen LogP contribution >= 0.6 is 27.7 Å². The molecule has 0 aliphatic carbocycles. The molecule has 2 aromatic heterocycles. The number of halogens is 1. The summed E-state index contributed by atoms with van der Waals surface area (Å²) in [5.74, 6) is 1.48. The average molecular weight is 458 g/mol. The van der Waals surface area contributed by atoms with Crippen molar-refractivity contribution in [1.82, 2.24) is 10.1 Å². The molecule has 5 nitrogen and oxygen atoms in total. The predicted molar refractivity (Wildman–Crippen MR) is 114 cm³/mol. The molecular formula is C21H20BrN3O2S. The molecule has 1 amide bonds. The molecule has 0 N–H and O–H groups in total. The van der Waals surface area contributed by atoms with Gasteiger partial charge in [0.05, 0.1) is 11.3 Å². The van der Waals surface area contributed by atoms with Crippen molar-refractivity contribution in [3.05, 3.63) is 69.1 Å². The summed E-state index contributed by atoms with van der Waals surface area (Å²) in [6.07, 6.45) is 3.67. The number of thioether (sulfide) groups is 1. The Morgan fingerprint density at radius 2 is 2.18 bits per heavy atom. The number of nitrogens with zero attached hydrogens (tertiary/aromatic N) is 3. The topological polar surface area (TPSA) is 59.2 Å². The summed E-state index contributed by atoms with van der Waals surface area (Å²) < 4.78 is 6.28. The minimum Gasteiger partial charge on any atom is -0.361 e. The molecule has 7 heteroatoms. The van der Waals surface area contributed by atoms with Gasteiger partial charge in [-0.3, -0.25) is 4.79 Å². The highest BCUT2D eigenvalue weighted by atomic mass is 79.9. The Bertz CT molecular complexity index is 1010. The van der Waals surface area contributed by atoms with E-state index in [0.717, 1.165) is 51.6 Å². The third kappa shape index (κ3) is 3.73. The summed E-state index contributed by atoms with van der Waals surface area (Å²) >= 11 is 5.07. The normalized spacial score (nSPS) is 13.5. The SMILES string of the molecule is Cc1noc(C)c1CSc1ncccc1C(=O)N1CCCc2cc(Br)ccc21. The summed E-state index contributed by atoms with van der Waals surface area (Å²) in [5.41, 5.74) is 4.76. The molecule has 3 aromatic rings. The molecule has 0 saturated heterocycles. The van der Waals surface area contributed by atoms with Gasteiger partial charge in [-0.05, 0) is 62.6 Å². The Balaban J connectivity index is 1.61. The molecule has 0 fully saturated rings. The van der Waals surface area contributed by atoms with Gasteiger partial charge in [-0.1, -0.05) is 21.1 Å². The molecule has 0 unspecified atom stereocenters. The summed E-state index contributed by atoms with van der Waals surface area (Å²) in [5, 5.41) is 4.74. The van der Waals surface area contributed by atoms with Crippen LogP contribution in [0.3, 0.4) is 0 Å². The molecule has 144 valence electrons. The molecule has 0 bridgehead atoms. The van der Waals surface area contributed by atoms with Crippen LogP contribution in [-0.4, -0.2) is 22.6 Å². The standard InChI is InChI=1S/C21H20BrN3O2S/c1-13-18(14(2)27-24-13)12-28-20-17(6-3-9-23-20)21(26)25-10-4-5-15-11-16(22)7-8-19(15)25/h3,6-9,11H,4-5,10,12H2,1-2H3. The van der Waals surface area contributed by atoms with Crippen molar-refractivity contribution in [3.8, 4) is 0 Å². The van der Waals surface area contributed by atoms with Crippen molar-refractivity contribution in [2.45, 2.75) is 37.5 Å². The van der Waals surface area contributed by atoms with E-state index in [1.54, 1.807) is 18.0 Å². The zero-order valence-electron chi connectivity index (χ0n) is 15.7. The maximum atomic E-state index is 13.4. The van der Waals surface area contributed by atoms with Gasteiger partial charge in [0.25, 0.3) is 5.91 Å². The van der Waals surface area contributed by atoms with Crippen molar-refractivity contribution in [3.63, 3.8) is 0 Å². The number of carbonyl (C=O) groups excluding carboxylic acids is 1. The lowest BCUT2D eigenvalue weighted by atomic mass is 10.0. The molecule has 1 aliphatic heterocycles. The number of pyridine rings is 1. The second-order valence-corrected chi connectivity index (χ2v) is 8.66. The molecule has 0 atom stereocenters. The first-order chi connectivity index (χ1) is 13.5. The minimum absolute atomic E-state index is 0.00219. The van der Waals surface area contributed by atoms with Crippen molar-refractivity contribution < 1.29 is 9.32 Å². The number of hydrogen-bond donors (Lipinski definition) is 0. The number of hydrogen-bond acceptors (Lipinski definition) is 5. The highest BCUT2D eigenvalue weighted by Gasteiger charge is 2.26. The molecule has 1 aromatic carbocycles. The second kappa shape index (κ2) is 8.09. The van der Waals surface area contributed by atoms with Crippen LogP contribution in [0.15, 0.2) is 50.6 Å². The molecule has 28 heavy (non-hydrogen) atoms. The number of benzene rings is 1. The summed E-state index contributed by atoms with van der Waals surface area (Å²) in [6, 6.07) is 9.78. The Morgan fingerprint density at radius 3 is 2.96 bits per heavy atom. The molecule has 3 heterocycles. The van der Waals surface area contributed by atoms with E-state index in [0.29, 0.717) is 11.3 Å². The van der Waals surface area contributed by atoms with E-state index in [1.165, 1.54) is 5.56 Å². The summed E-state index contributed by atoms with van der Waals surface area (Å²) in [4.78, 5) is 19.8. The molecule has 1 aliphatic rings. The van der Waals surface area contributed by atoms with Gasteiger partial charge in [-0.2, -0.15) is 0 Å². The fourth-order valence-corrected chi connectivity index (χ4v) is 4.99. The molecule has 0 radical (unpaired) electrons. The highest BCUT2D eigenvalue weighted by molar-refractivity contribution is 9.10. The van der Waals surface area contributed by atoms with E-state index >= 15 is 0 Å². The number of rotatable bonds is 4. The Labute approximate surface area is 176 Å². The van der Waals surface area contributed by atoms with Gasteiger partial charge in [0.15, 0.2) is 0 Å². The Kier molecular flexibility index (Phi) is 5.55. The lowest BCUT2D eigenvalue weighted by molar-refractivity contribution is 0.0981. The zero-order valence-corrected chi connectivity index (χ0v) is 18.1. The average Bonchev–Trinajstić information content (AvgIpc) is 3.03. The molecular weight excluding hydrogens is 438 g/mol. The smallest absolute Gasteiger partial charge is 0.261 e. The van der Waals surface area contributed by atoms with E-state index in [-0.39, 0.29) is 5.91 Å². The van der Waals surface area contributed by atoms with Crippen molar-refractivity contribution in [2.75, 3.05) is 11.4 Å². The number of fused-ring (bicyclic) bond motifs is 1. The number of aromatic nitrogens is 2. The molecule has 0 spiro atoms. The highest BCUT2D eigenvalue weighted by Crippen LogP contribution is 2.33. The lowest BCUT2D eigenvalue weighted by Gasteiger charge is -2.30. The minimum atomic E-state index is -0.00219. The first-order valence-electron chi connectivity index (χ1n) is 9.14. The maximum Gasteiger partial charge on any atom is 0.261 e. The van der Waals surface area contributed by atoms with Crippen molar-refractivity contribution >= 4 is 39.3 Å². The predicted octanol–water partition coefficient (Wildman–Crippen LogP) is 5.33. The van der Waals surface area contributed by atoms with Crippen molar-refractivity contribution in [1.29, 1.82) is 0 Å². The fraction of sp³-hybridized carbons (Fsp3) is 0.286. The zero-order chi connectivity index (χ0) is 19.7. The van der Waals surface area contributed by atoms with Crippen LogP contribution < -0.4 is 4.90 Å². The number of carbonyl (C=O) groups is 1. The van der Waals surface area contributed by atoms with Gasteiger partial charge < -0.3 is 9.42 Å². The van der Waals surface area contributed by atoms with Crippen LogP contribution in [-0.2, 0) is 12.2 Å². The molecule has 0 saturated carbocycles. The number of aryl methyl sites for hydroxylation is 3. The monoisotopic (exact) mass is 457 g/mol. The largest absolute Gasteiger partial charge is 0.361 e. The van der Waals surface area contributed by atoms with Gasteiger partial charge in [-0.15, -0.1) is 11.8 Å². The van der Waals surface area contributed by atoms with Gasteiger partial charge >= 0.3 is 0 Å². The first kappa shape index (κ1) is 19.2. The molecule has 4 rings (SSSR count). The quantitative estimate of drug-likeness (QED) is 0.495. The lowest BCUT2D eigenvalue weighted by Crippen LogP contribution is -2.35. The number of anilines is 1. The Hall–Kier alpha value is -2.12. The summed E-state index contributed by atoms with van der Waals surface area (Å²) in [7, 11) is 0. The fourth-order valence-electron chi connectivity index (χ4n) is 3.44. The van der Waals surface area contributed by atoms with Crippen LogP contribution in [0, 0.1) is 13.8 Å². The van der Waals surface area contributed by atoms with Gasteiger partial charge in [-0.25, -0.2) is 4.98 Å². The van der Waals surface area contributed by atoms with E-state index < -0.39 is 0 Å². The van der Waals surface area contributed by atoms with Gasteiger partial charge in [0, 0.05) is 34.2 Å². The third-order valence-electron chi connectivity index (χ3n) is 4.94. The van der Waals surface area contributed by atoms with Crippen LogP contribution in [0.25, 0.3) is 0 Å².